The van der Waals surface area contributed by atoms with Gasteiger partial charge < -0.3 is 5.11 Å². The molecule has 0 saturated heterocycles. The van der Waals surface area contributed by atoms with Crippen LogP contribution in [-0.4, -0.2) is 25.1 Å². The predicted octanol–water partition coefficient (Wildman–Crippen LogP) is 1.35. The molecule has 0 atom stereocenters. The van der Waals surface area contributed by atoms with E-state index in [0.717, 1.165) is 5.69 Å². The van der Waals surface area contributed by atoms with Gasteiger partial charge in [0.1, 0.15) is 11.4 Å². The van der Waals surface area contributed by atoms with Gasteiger partial charge in [0.15, 0.2) is 4.60 Å². The van der Waals surface area contributed by atoms with Gasteiger partial charge in [-0.15, -0.1) is 5.10 Å². The Morgan fingerprint density at radius 2 is 2.21 bits per heavy atom. The van der Waals surface area contributed by atoms with Crippen LogP contribution in [-0.2, 0) is 7.05 Å². The Bertz CT molecular complexity index is 431. The van der Waals surface area contributed by atoms with Crippen molar-refractivity contribution in [3.8, 4) is 17.1 Å². The van der Waals surface area contributed by atoms with E-state index in [9.17, 15) is 0 Å². The summed E-state index contributed by atoms with van der Waals surface area (Å²) in [5.41, 5.74) is 1.49. The van der Waals surface area contributed by atoms with E-state index in [2.05, 4.69) is 31.2 Å². The molecule has 0 unspecified atom stereocenters. The van der Waals surface area contributed by atoms with Crippen LogP contribution in [0.2, 0.25) is 0 Å². The van der Waals surface area contributed by atoms with Crippen LogP contribution >= 0.6 is 15.9 Å². The van der Waals surface area contributed by atoms with Gasteiger partial charge in [-0.3, -0.25) is 4.98 Å². The molecule has 0 saturated carbocycles. The Balaban J connectivity index is 2.54. The Morgan fingerprint density at radius 1 is 1.43 bits per heavy atom. The number of rotatable bonds is 1. The van der Waals surface area contributed by atoms with Crippen molar-refractivity contribution >= 4 is 15.9 Å². The smallest absolute Gasteiger partial charge is 0.157 e. The van der Waals surface area contributed by atoms with Crippen molar-refractivity contribution < 1.29 is 5.11 Å². The molecule has 2 aromatic heterocycles. The third-order valence-electron chi connectivity index (χ3n) is 1.78. The highest BCUT2D eigenvalue weighted by atomic mass is 79.9. The van der Waals surface area contributed by atoms with Crippen LogP contribution in [0.25, 0.3) is 11.4 Å². The third-order valence-corrected chi connectivity index (χ3v) is 2.31. The second kappa shape index (κ2) is 3.38. The molecule has 0 radical (unpaired) electrons. The van der Waals surface area contributed by atoms with Crippen LogP contribution in [0.15, 0.2) is 22.9 Å². The molecule has 72 valence electrons. The average molecular weight is 255 g/mol. The maximum atomic E-state index is 9.08. The van der Waals surface area contributed by atoms with Crippen molar-refractivity contribution in [1.82, 2.24) is 20.0 Å². The Hall–Kier alpha value is -1.43. The zero-order valence-electron chi connectivity index (χ0n) is 7.35. The summed E-state index contributed by atoms with van der Waals surface area (Å²) in [5, 5.41) is 16.8. The standard InChI is InChI=1S/C8H7BrN4O/c1-13-7(8(9)11-12-13)6-3-2-5(14)4-10-6/h2-4,14H,1H3. The van der Waals surface area contributed by atoms with Crippen LogP contribution in [0, 0.1) is 0 Å². The molecule has 0 aliphatic heterocycles. The average Bonchev–Trinajstić information content (AvgIpc) is 2.49. The van der Waals surface area contributed by atoms with E-state index in [0.29, 0.717) is 10.3 Å². The van der Waals surface area contributed by atoms with E-state index in [1.54, 1.807) is 23.9 Å². The number of aromatic nitrogens is 4. The second-order valence-electron chi connectivity index (χ2n) is 2.75. The number of halogens is 1. The minimum atomic E-state index is 0.139. The first-order valence-electron chi connectivity index (χ1n) is 3.89. The monoisotopic (exact) mass is 254 g/mol. The number of pyridine rings is 1. The SMILES string of the molecule is Cn1nnc(Br)c1-c1ccc(O)cn1. The lowest BCUT2D eigenvalue weighted by atomic mass is 10.3. The highest BCUT2D eigenvalue weighted by Crippen LogP contribution is 2.24. The summed E-state index contributed by atoms with van der Waals surface area (Å²) < 4.78 is 2.25. The van der Waals surface area contributed by atoms with Gasteiger partial charge in [-0.05, 0) is 28.1 Å². The fraction of sp³-hybridized carbons (Fsp3) is 0.125. The summed E-state index contributed by atoms with van der Waals surface area (Å²) in [7, 11) is 1.78. The molecule has 5 nitrogen and oxygen atoms in total. The van der Waals surface area contributed by atoms with Crippen molar-refractivity contribution in [3.63, 3.8) is 0 Å². The van der Waals surface area contributed by atoms with Crippen LogP contribution in [0.3, 0.4) is 0 Å². The lowest BCUT2D eigenvalue weighted by molar-refractivity contribution is 0.473. The van der Waals surface area contributed by atoms with Gasteiger partial charge in [0.25, 0.3) is 0 Å². The normalized spacial score (nSPS) is 10.4. The predicted molar refractivity (Wildman–Crippen MR) is 53.6 cm³/mol. The van der Waals surface area contributed by atoms with Crippen LogP contribution in [0.5, 0.6) is 5.75 Å². The Morgan fingerprint density at radius 3 is 2.71 bits per heavy atom. The molecule has 2 heterocycles. The number of hydrogen-bond donors (Lipinski definition) is 1. The molecule has 0 spiro atoms. The minimum Gasteiger partial charge on any atom is -0.506 e. The van der Waals surface area contributed by atoms with Gasteiger partial charge in [0.05, 0.1) is 11.9 Å². The number of nitrogens with zero attached hydrogens (tertiary/aromatic N) is 4. The van der Waals surface area contributed by atoms with E-state index in [-0.39, 0.29) is 5.75 Å². The Kier molecular flexibility index (Phi) is 2.20. The summed E-state index contributed by atoms with van der Waals surface area (Å²) in [6.07, 6.45) is 1.38. The number of hydrogen-bond acceptors (Lipinski definition) is 4. The van der Waals surface area contributed by atoms with E-state index in [1.165, 1.54) is 6.20 Å². The summed E-state index contributed by atoms with van der Waals surface area (Å²) in [6, 6.07) is 3.28. The van der Waals surface area contributed by atoms with E-state index < -0.39 is 0 Å². The van der Waals surface area contributed by atoms with E-state index in [4.69, 9.17) is 5.11 Å². The molecule has 2 aromatic rings. The van der Waals surface area contributed by atoms with Crippen LogP contribution in [0.4, 0.5) is 0 Å². The quantitative estimate of drug-likeness (QED) is 0.835. The van der Waals surface area contributed by atoms with Crippen molar-refractivity contribution in [3.05, 3.63) is 22.9 Å². The molecule has 6 heteroatoms. The maximum Gasteiger partial charge on any atom is 0.157 e. The molecule has 14 heavy (non-hydrogen) atoms. The summed E-state index contributed by atoms with van der Waals surface area (Å²) >= 11 is 3.28. The van der Waals surface area contributed by atoms with Crippen molar-refractivity contribution in [1.29, 1.82) is 0 Å². The molecule has 0 aromatic carbocycles. The zero-order chi connectivity index (χ0) is 10.1. The van der Waals surface area contributed by atoms with Crippen LogP contribution < -0.4 is 0 Å². The molecule has 0 amide bonds. The zero-order valence-corrected chi connectivity index (χ0v) is 8.93. The maximum absolute atomic E-state index is 9.08. The second-order valence-corrected chi connectivity index (χ2v) is 3.51. The van der Waals surface area contributed by atoms with Crippen molar-refractivity contribution in [2.24, 2.45) is 7.05 Å². The van der Waals surface area contributed by atoms with Gasteiger partial charge in [-0.25, -0.2) is 4.68 Å². The molecule has 0 bridgehead atoms. The number of aromatic hydroxyl groups is 1. The highest BCUT2D eigenvalue weighted by molar-refractivity contribution is 9.10. The molecular formula is C8H7BrN4O. The lowest BCUT2D eigenvalue weighted by Crippen LogP contribution is -1.95. The summed E-state index contributed by atoms with van der Waals surface area (Å²) in [6.45, 7) is 0. The highest BCUT2D eigenvalue weighted by Gasteiger charge is 2.11. The minimum absolute atomic E-state index is 0.139. The first kappa shape index (κ1) is 9.14. The Labute approximate surface area is 88.5 Å². The molecule has 0 aliphatic rings. The topological polar surface area (TPSA) is 63.8 Å². The van der Waals surface area contributed by atoms with Gasteiger partial charge in [-0.2, -0.15) is 0 Å². The van der Waals surface area contributed by atoms with E-state index >= 15 is 0 Å². The molecule has 1 N–H and O–H groups in total. The first-order chi connectivity index (χ1) is 6.68. The van der Waals surface area contributed by atoms with Crippen molar-refractivity contribution in [2.45, 2.75) is 0 Å². The largest absolute Gasteiger partial charge is 0.506 e. The summed E-state index contributed by atoms with van der Waals surface area (Å²) in [4.78, 5) is 4.06. The van der Waals surface area contributed by atoms with Crippen LogP contribution in [0.1, 0.15) is 0 Å². The fourth-order valence-corrected chi connectivity index (χ4v) is 1.66. The summed E-state index contributed by atoms with van der Waals surface area (Å²) in [5.74, 6) is 0.139. The molecular weight excluding hydrogens is 248 g/mol. The molecule has 0 aliphatic carbocycles. The number of aryl methyl sites for hydroxylation is 1. The first-order valence-corrected chi connectivity index (χ1v) is 4.68. The van der Waals surface area contributed by atoms with E-state index in [1.807, 2.05) is 0 Å². The van der Waals surface area contributed by atoms with Gasteiger partial charge >= 0.3 is 0 Å². The third kappa shape index (κ3) is 1.48. The molecule has 2 rings (SSSR count). The molecule has 0 fully saturated rings. The van der Waals surface area contributed by atoms with Gasteiger partial charge in [-0.1, -0.05) is 5.21 Å². The van der Waals surface area contributed by atoms with Crippen molar-refractivity contribution in [2.75, 3.05) is 0 Å². The van der Waals surface area contributed by atoms with Gasteiger partial charge in [0, 0.05) is 7.05 Å². The lowest BCUT2D eigenvalue weighted by Gasteiger charge is -2.00. The fourth-order valence-electron chi connectivity index (χ4n) is 1.13. The van der Waals surface area contributed by atoms with Gasteiger partial charge in [0.2, 0.25) is 0 Å².